The van der Waals surface area contributed by atoms with Gasteiger partial charge in [-0.2, -0.15) is 0 Å². The van der Waals surface area contributed by atoms with Crippen molar-refractivity contribution in [1.82, 2.24) is 0 Å². The molecule has 11 heavy (non-hydrogen) atoms. The summed E-state index contributed by atoms with van der Waals surface area (Å²) >= 11 is 0. The van der Waals surface area contributed by atoms with Crippen LogP contribution in [-0.4, -0.2) is 6.21 Å². The Kier molecular flexibility index (Phi) is 1.76. The number of rotatable bonds is 1. The minimum Gasteiger partial charge on any atom is -0.398 e. The molecule has 0 radical (unpaired) electrons. The first-order valence-corrected chi connectivity index (χ1v) is 3.00. The maximum Gasteiger partial charge on any atom is 0.156 e. The van der Waals surface area contributed by atoms with Crippen molar-refractivity contribution >= 4 is 17.6 Å². The number of nitrogen functional groups attached to an aromatic ring is 2. The van der Waals surface area contributed by atoms with Gasteiger partial charge < -0.3 is 16.9 Å². The van der Waals surface area contributed by atoms with E-state index in [1.807, 2.05) is 0 Å². The Morgan fingerprint density at radius 2 is 1.82 bits per heavy atom. The molecule has 5 N–H and O–H groups in total. The summed E-state index contributed by atoms with van der Waals surface area (Å²) in [7, 11) is 0. The lowest BCUT2D eigenvalue weighted by Crippen LogP contribution is -2.00. The van der Waals surface area contributed by atoms with Crippen molar-refractivity contribution in [1.29, 1.82) is 5.41 Å². The number of hydrogen-bond donors (Lipinski definition) is 3. The van der Waals surface area contributed by atoms with Crippen LogP contribution in [0.3, 0.4) is 0 Å². The van der Waals surface area contributed by atoms with Gasteiger partial charge in [0.15, 0.2) is 5.82 Å². The number of nitrogens with one attached hydrogen (secondary N) is 1. The van der Waals surface area contributed by atoms with Crippen LogP contribution in [-0.2, 0) is 0 Å². The van der Waals surface area contributed by atoms with Crippen LogP contribution in [0.1, 0.15) is 5.56 Å². The number of halogens is 1. The lowest BCUT2D eigenvalue weighted by Gasteiger charge is -2.02. The van der Waals surface area contributed by atoms with Gasteiger partial charge in [0.25, 0.3) is 0 Å². The summed E-state index contributed by atoms with van der Waals surface area (Å²) in [6.07, 6.45) is 0.848. The van der Waals surface area contributed by atoms with E-state index in [2.05, 4.69) is 0 Å². The molecule has 0 amide bonds. The van der Waals surface area contributed by atoms with E-state index in [4.69, 9.17) is 16.9 Å². The predicted octanol–water partition coefficient (Wildman–Crippen LogP) is 0.988. The van der Waals surface area contributed by atoms with Crippen LogP contribution in [0.5, 0.6) is 0 Å². The molecular weight excluding hydrogens is 145 g/mol. The van der Waals surface area contributed by atoms with Crippen LogP contribution in [0.2, 0.25) is 0 Å². The highest BCUT2D eigenvalue weighted by atomic mass is 19.1. The summed E-state index contributed by atoms with van der Waals surface area (Å²) in [5.41, 5.74) is 10.9. The fourth-order valence-corrected chi connectivity index (χ4v) is 0.771. The molecule has 1 rings (SSSR count). The number of hydrogen-bond acceptors (Lipinski definition) is 3. The van der Waals surface area contributed by atoms with Gasteiger partial charge in [-0.05, 0) is 12.1 Å². The molecule has 0 atom stereocenters. The zero-order valence-corrected chi connectivity index (χ0v) is 5.76. The van der Waals surface area contributed by atoms with Gasteiger partial charge in [-0.3, -0.25) is 0 Å². The molecule has 0 aliphatic carbocycles. The van der Waals surface area contributed by atoms with Crippen LogP contribution in [0.4, 0.5) is 15.8 Å². The van der Waals surface area contributed by atoms with E-state index in [1.54, 1.807) is 0 Å². The summed E-state index contributed by atoms with van der Waals surface area (Å²) in [5.74, 6) is -0.625. The standard InChI is InChI=1S/C7H8FN3/c8-7-4(3-9)5(10)1-2-6(7)11/h1-3,9H,10-11H2. The normalized spacial score (nSPS) is 9.55. The second-order valence-corrected chi connectivity index (χ2v) is 2.12. The Balaban J connectivity index is 3.40. The molecular formula is C7H8FN3. The molecule has 4 heteroatoms. The monoisotopic (exact) mass is 153 g/mol. The van der Waals surface area contributed by atoms with Gasteiger partial charge in [0, 0.05) is 11.9 Å². The Hall–Kier alpha value is -1.58. The van der Waals surface area contributed by atoms with Gasteiger partial charge in [0.05, 0.1) is 11.3 Å². The zero-order chi connectivity index (χ0) is 8.43. The average molecular weight is 153 g/mol. The van der Waals surface area contributed by atoms with Gasteiger partial charge in [-0.15, -0.1) is 0 Å². The third-order valence-electron chi connectivity index (χ3n) is 1.39. The van der Waals surface area contributed by atoms with Crippen molar-refractivity contribution in [3.8, 4) is 0 Å². The van der Waals surface area contributed by atoms with Gasteiger partial charge in [-0.25, -0.2) is 4.39 Å². The Bertz CT molecular complexity index is 296. The third kappa shape index (κ3) is 1.14. The first-order valence-electron chi connectivity index (χ1n) is 3.00. The predicted molar refractivity (Wildman–Crippen MR) is 43.1 cm³/mol. The minimum atomic E-state index is -0.625. The van der Waals surface area contributed by atoms with Crippen molar-refractivity contribution in [2.75, 3.05) is 11.5 Å². The highest BCUT2D eigenvalue weighted by Crippen LogP contribution is 2.18. The maximum absolute atomic E-state index is 12.9. The van der Waals surface area contributed by atoms with Crippen molar-refractivity contribution in [2.24, 2.45) is 0 Å². The Morgan fingerprint density at radius 1 is 1.27 bits per heavy atom. The van der Waals surface area contributed by atoms with Crippen LogP contribution in [0, 0.1) is 11.2 Å². The van der Waals surface area contributed by atoms with E-state index in [0.29, 0.717) is 0 Å². The van der Waals surface area contributed by atoms with Gasteiger partial charge >= 0.3 is 0 Å². The molecule has 0 heterocycles. The number of anilines is 2. The average Bonchev–Trinajstić information content (AvgIpc) is 1.99. The second kappa shape index (κ2) is 2.57. The van der Waals surface area contributed by atoms with Crippen LogP contribution < -0.4 is 11.5 Å². The van der Waals surface area contributed by atoms with E-state index in [9.17, 15) is 4.39 Å². The highest BCUT2D eigenvalue weighted by Gasteiger charge is 2.06. The Morgan fingerprint density at radius 3 is 2.27 bits per heavy atom. The van der Waals surface area contributed by atoms with Crippen LogP contribution >= 0.6 is 0 Å². The highest BCUT2D eigenvalue weighted by molar-refractivity contribution is 5.86. The summed E-state index contributed by atoms with van der Waals surface area (Å²) in [5, 5.41) is 6.82. The maximum atomic E-state index is 12.9. The van der Waals surface area contributed by atoms with E-state index in [0.717, 1.165) is 6.21 Å². The Labute approximate surface area is 63.3 Å². The molecule has 0 saturated heterocycles. The lowest BCUT2D eigenvalue weighted by molar-refractivity contribution is 0.631. The first-order chi connectivity index (χ1) is 5.16. The minimum absolute atomic E-state index is 0.0118. The molecule has 58 valence electrons. The van der Waals surface area contributed by atoms with Crippen molar-refractivity contribution in [3.63, 3.8) is 0 Å². The van der Waals surface area contributed by atoms with Crippen LogP contribution in [0.15, 0.2) is 12.1 Å². The lowest BCUT2D eigenvalue weighted by atomic mass is 10.1. The van der Waals surface area contributed by atoms with Gasteiger partial charge in [-0.1, -0.05) is 0 Å². The molecule has 0 unspecified atom stereocenters. The largest absolute Gasteiger partial charge is 0.398 e. The second-order valence-electron chi connectivity index (χ2n) is 2.12. The third-order valence-corrected chi connectivity index (χ3v) is 1.39. The molecule has 0 saturated carbocycles. The number of nitrogens with two attached hydrogens (primary N) is 2. The topological polar surface area (TPSA) is 75.9 Å². The zero-order valence-electron chi connectivity index (χ0n) is 5.76. The molecule has 1 aromatic rings. The first kappa shape index (κ1) is 7.53. The molecule has 3 nitrogen and oxygen atoms in total. The molecule has 0 bridgehead atoms. The molecule has 0 aromatic heterocycles. The molecule has 1 aromatic carbocycles. The number of benzene rings is 1. The van der Waals surface area contributed by atoms with Gasteiger partial charge in [0.1, 0.15) is 0 Å². The fourth-order valence-electron chi connectivity index (χ4n) is 0.771. The van der Waals surface area contributed by atoms with E-state index < -0.39 is 5.82 Å². The van der Waals surface area contributed by atoms with Gasteiger partial charge in [0.2, 0.25) is 0 Å². The van der Waals surface area contributed by atoms with Crippen molar-refractivity contribution < 1.29 is 4.39 Å². The summed E-state index contributed by atoms with van der Waals surface area (Å²) in [4.78, 5) is 0. The quantitative estimate of drug-likeness (QED) is 0.415. The van der Waals surface area contributed by atoms with Crippen molar-refractivity contribution in [2.45, 2.75) is 0 Å². The van der Waals surface area contributed by atoms with E-state index in [1.165, 1.54) is 12.1 Å². The van der Waals surface area contributed by atoms with Crippen LogP contribution in [0.25, 0.3) is 0 Å². The summed E-state index contributed by atoms with van der Waals surface area (Å²) in [6, 6.07) is 2.84. The molecule has 0 spiro atoms. The van der Waals surface area contributed by atoms with Crippen molar-refractivity contribution in [3.05, 3.63) is 23.5 Å². The molecule has 0 aliphatic heterocycles. The smallest absolute Gasteiger partial charge is 0.156 e. The van der Waals surface area contributed by atoms with E-state index >= 15 is 0 Å². The summed E-state index contributed by atoms with van der Waals surface area (Å²) in [6.45, 7) is 0. The van der Waals surface area contributed by atoms with E-state index in [-0.39, 0.29) is 16.9 Å². The molecule has 0 aliphatic rings. The molecule has 0 fully saturated rings. The fraction of sp³-hybridized carbons (Fsp3) is 0. The SMILES string of the molecule is N=Cc1c(N)ccc(N)c1F. The summed E-state index contributed by atoms with van der Waals surface area (Å²) < 4.78 is 12.9.